The molecule has 102 valence electrons. The van der Waals surface area contributed by atoms with Crippen LogP contribution in [0.4, 0.5) is 0 Å². The molecular weight excluding hydrogens is 238 g/mol. The van der Waals surface area contributed by atoms with Crippen molar-refractivity contribution in [3.63, 3.8) is 0 Å². The van der Waals surface area contributed by atoms with Gasteiger partial charge in [-0.15, -0.1) is 0 Å². The molecule has 0 atom stereocenters. The van der Waals surface area contributed by atoms with Crippen molar-refractivity contribution >= 4 is 0 Å². The number of imidazole rings is 1. The minimum atomic E-state index is 0.318. The fourth-order valence-corrected chi connectivity index (χ4v) is 2.05. The molecule has 0 aliphatic rings. The third kappa shape index (κ3) is 4.10. The molecule has 0 saturated carbocycles. The number of phenolic OH excluding ortho intramolecular Hbond substituents is 1. The highest BCUT2D eigenvalue weighted by molar-refractivity contribution is 5.25. The number of hydrogen-bond donors (Lipinski definition) is 2. The molecule has 19 heavy (non-hydrogen) atoms. The molecule has 4 nitrogen and oxygen atoms in total. The summed E-state index contributed by atoms with van der Waals surface area (Å²) >= 11 is 0. The molecule has 0 radical (unpaired) electrons. The van der Waals surface area contributed by atoms with E-state index in [4.69, 9.17) is 0 Å². The van der Waals surface area contributed by atoms with Crippen molar-refractivity contribution < 1.29 is 5.11 Å². The maximum absolute atomic E-state index is 9.21. The van der Waals surface area contributed by atoms with E-state index >= 15 is 0 Å². The van der Waals surface area contributed by atoms with E-state index < -0.39 is 0 Å². The van der Waals surface area contributed by atoms with Crippen molar-refractivity contribution in [3.05, 3.63) is 48.0 Å². The van der Waals surface area contributed by atoms with Crippen molar-refractivity contribution in [1.29, 1.82) is 0 Å². The zero-order chi connectivity index (χ0) is 13.5. The minimum absolute atomic E-state index is 0.318. The Morgan fingerprint density at radius 2 is 2.05 bits per heavy atom. The maximum atomic E-state index is 9.21. The van der Waals surface area contributed by atoms with E-state index in [1.54, 1.807) is 12.1 Å². The first-order chi connectivity index (χ1) is 9.29. The summed E-state index contributed by atoms with van der Waals surface area (Å²) < 4.78 is 2.19. The van der Waals surface area contributed by atoms with Crippen LogP contribution in [0.1, 0.15) is 24.7 Å². The van der Waals surface area contributed by atoms with Crippen molar-refractivity contribution in [2.24, 2.45) is 0 Å². The van der Waals surface area contributed by atoms with Gasteiger partial charge in [-0.25, -0.2) is 4.98 Å². The second-order valence-corrected chi connectivity index (χ2v) is 4.63. The minimum Gasteiger partial charge on any atom is -0.508 e. The van der Waals surface area contributed by atoms with E-state index in [1.165, 1.54) is 5.56 Å². The maximum Gasteiger partial charge on any atom is 0.122 e. The number of aryl methyl sites for hydroxylation is 1. The first-order valence-electron chi connectivity index (χ1n) is 6.78. The van der Waals surface area contributed by atoms with Gasteiger partial charge in [0.1, 0.15) is 11.6 Å². The van der Waals surface area contributed by atoms with Crippen molar-refractivity contribution in [3.8, 4) is 5.75 Å². The quantitative estimate of drug-likeness (QED) is 0.750. The summed E-state index contributed by atoms with van der Waals surface area (Å²) in [4.78, 5) is 4.36. The third-order valence-corrected chi connectivity index (χ3v) is 3.08. The summed E-state index contributed by atoms with van der Waals surface area (Å²) in [6.07, 6.45) is 5.96. The molecule has 1 aromatic carbocycles. The van der Waals surface area contributed by atoms with Crippen LogP contribution in [0.5, 0.6) is 5.75 Å². The largest absolute Gasteiger partial charge is 0.508 e. The van der Waals surface area contributed by atoms with Gasteiger partial charge in [-0.05, 0) is 37.1 Å². The molecule has 1 heterocycles. The molecule has 2 aromatic rings. The zero-order valence-electron chi connectivity index (χ0n) is 11.3. The van der Waals surface area contributed by atoms with Crippen LogP contribution in [0, 0.1) is 0 Å². The molecule has 0 fully saturated rings. The molecule has 0 aliphatic carbocycles. The number of nitrogens with zero attached hydrogens (tertiary/aromatic N) is 2. The predicted octanol–water partition coefficient (Wildman–Crippen LogP) is 2.33. The lowest BCUT2D eigenvalue weighted by Crippen LogP contribution is -2.19. The SMILES string of the molecule is CCCn1ccnc1CNCCc1ccc(O)cc1. The first-order valence-corrected chi connectivity index (χ1v) is 6.78. The normalized spacial score (nSPS) is 10.8. The molecule has 0 amide bonds. The summed E-state index contributed by atoms with van der Waals surface area (Å²) in [7, 11) is 0. The van der Waals surface area contributed by atoms with Gasteiger partial charge < -0.3 is 15.0 Å². The van der Waals surface area contributed by atoms with Gasteiger partial charge in [0.2, 0.25) is 0 Å². The van der Waals surface area contributed by atoms with Gasteiger partial charge in [0, 0.05) is 18.9 Å². The number of nitrogens with one attached hydrogen (secondary N) is 1. The molecule has 1 aromatic heterocycles. The summed E-state index contributed by atoms with van der Waals surface area (Å²) in [5, 5.41) is 12.6. The number of rotatable bonds is 7. The van der Waals surface area contributed by atoms with Gasteiger partial charge in [-0.3, -0.25) is 0 Å². The van der Waals surface area contributed by atoms with Crippen LogP contribution in [0.25, 0.3) is 0 Å². The van der Waals surface area contributed by atoms with E-state index in [-0.39, 0.29) is 0 Å². The highest BCUT2D eigenvalue weighted by Crippen LogP contribution is 2.09. The molecule has 0 bridgehead atoms. The summed E-state index contributed by atoms with van der Waals surface area (Å²) in [5.74, 6) is 1.41. The lowest BCUT2D eigenvalue weighted by atomic mass is 10.1. The average molecular weight is 259 g/mol. The van der Waals surface area contributed by atoms with Gasteiger partial charge in [0.15, 0.2) is 0 Å². The number of phenols is 1. The van der Waals surface area contributed by atoms with E-state index in [9.17, 15) is 5.11 Å². The molecule has 2 rings (SSSR count). The first kappa shape index (κ1) is 13.6. The highest BCUT2D eigenvalue weighted by atomic mass is 16.3. The van der Waals surface area contributed by atoms with Gasteiger partial charge >= 0.3 is 0 Å². The molecule has 0 unspecified atom stereocenters. The number of benzene rings is 1. The summed E-state index contributed by atoms with van der Waals surface area (Å²) in [6, 6.07) is 7.36. The third-order valence-electron chi connectivity index (χ3n) is 3.08. The lowest BCUT2D eigenvalue weighted by molar-refractivity contribution is 0.475. The molecule has 0 spiro atoms. The van der Waals surface area contributed by atoms with Crippen molar-refractivity contribution in [2.45, 2.75) is 32.9 Å². The van der Waals surface area contributed by atoms with Gasteiger partial charge in [-0.1, -0.05) is 19.1 Å². The molecule has 0 saturated heterocycles. The van der Waals surface area contributed by atoms with Crippen molar-refractivity contribution in [1.82, 2.24) is 14.9 Å². The lowest BCUT2D eigenvalue weighted by Gasteiger charge is -2.08. The number of aromatic hydroxyl groups is 1. The van der Waals surface area contributed by atoms with Crippen LogP contribution in [0.3, 0.4) is 0 Å². The molecular formula is C15H21N3O. The zero-order valence-corrected chi connectivity index (χ0v) is 11.3. The van der Waals surface area contributed by atoms with Crippen molar-refractivity contribution in [2.75, 3.05) is 6.54 Å². The Morgan fingerprint density at radius 1 is 1.26 bits per heavy atom. The van der Waals surface area contributed by atoms with E-state index in [0.717, 1.165) is 38.3 Å². The monoisotopic (exact) mass is 259 g/mol. The smallest absolute Gasteiger partial charge is 0.122 e. The summed E-state index contributed by atoms with van der Waals surface area (Å²) in [6.45, 7) is 4.89. The van der Waals surface area contributed by atoms with Crippen LogP contribution in [-0.2, 0) is 19.5 Å². The Hall–Kier alpha value is -1.81. The fraction of sp³-hybridized carbons (Fsp3) is 0.400. The highest BCUT2D eigenvalue weighted by Gasteiger charge is 2.01. The van der Waals surface area contributed by atoms with Crippen LogP contribution >= 0.6 is 0 Å². The van der Waals surface area contributed by atoms with Crippen LogP contribution < -0.4 is 5.32 Å². The molecule has 2 N–H and O–H groups in total. The Balaban J connectivity index is 1.74. The Labute approximate surface area is 114 Å². The standard InChI is InChI=1S/C15H21N3O/c1-2-10-18-11-9-17-15(18)12-16-8-7-13-3-5-14(19)6-4-13/h3-6,9,11,16,19H,2,7-8,10,12H2,1H3. The number of aromatic nitrogens is 2. The Bertz CT molecular complexity index is 490. The number of hydrogen-bond acceptors (Lipinski definition) is 3. The van der Waals surface area contributed by atoms with Crippen LogP contribution in [0.15, 0.2) is 36.7 Å². The van der Waals surface area contributed by atoms with Gasteiger partial charge in [-0.2, -0.15) is 0 Å². The van der Waals surface area contributed by atoms with E-state index in [1.807, 2.05) is 24.5 Å². The molecule has 4 heteroatoms. The van der Waals surface area contributed by atoms with Gasteiger partial charge in [0.05, 0.1) is 6.54 Å². The summed E-state index contributed by atoms with van der Waals surface area (Å²) in [5.41, 5.74) is 1.22. The van der Waals surface area contributed by atoms with E-state index in [2.05, 4.69) is 21.8 Å². The fourth-order valence-electron chi connectivity index (χ4n) is 2.05. The van der Waals surface area contributed by atoms with Gasteiger partial charge in [0.25, 0.3) is 0 Å². The predicted molar refractivity (Wildman–Crippen MR) is 76.0 cm³/mol. The Morgan fingerprint density at radius 3 is 2.79 bits per heavy atom. The second-order valence-electron chi connectivity index (χ2n) is 4.63. The Kier molecular flexibility index (Phi) is 4.98. The molecule has 0 aliphatic heterocycles. The van der Waals surface area contributed by atoms with Crippen LogP contribution in [-0.4, -0.2) is 21.2 Å². The second kappa shape index (κ2) is 6.95. The van der Waals surface area contributed by atoms with E-state index in [0.29, 0.717) is 5.75 Å². The van der Waals surface area contributed by atoms with Crippen LogP contribution in [0.2, 0.25) is 0 Å². The average Bonchev–Trinajstić information content (AvgIpc) is 2.85. The topological polar surface area (TPSA) is 50.1 Å².